The third kappa shape index (κ3) is 2.33. The minimum Gasteiger partial charge on any atom is -0.480 e. The fourth-order valence-electron chi connectivity index (χ4n) is 3.24. The predicted molar refractivity (Wildman–Crippen MR) is 58.8 cm³/mol. The summed E-state index contributed by atoms with van der Waals surface area (Å²) >= 11 is 0. The average molecular weight is 211 g/mol. The van der Waals surface area contributed by atoms with Crippen molar-refractivity contribution in [2.75, 3.05) is 0 Å². The third-order valence-electron chi connectivity index (χ3n) is 4.13. The normalized spacial score (nSPS) is 27.3. The Labute approximate surface area is 91.2 Å². The molecule has 2 N–H and O–H groups in total. The van der Waals surface area contributed by atoms with E-state index in [4.69, 9.17) is 5.11 Å². The van der Waals surface area contributed by atoms with Gasteiger partial charge in [-0.2, -0.15) is 0 Å². The van der Waals surface area contributed by atoms with E-state index in [1.54, 1.807) is 6.92 Å². The maximum absolute atomic E-state index is 10.7. The fourth-order valence-corrected chi connectivity index (χ4v) is 3.24. The summed E-state index contributed by atoms with van der Waals surface area (Å²) in [5.41, 5.74) is 0.591. The van der Waals surface area contributed by atoms with Crippen molar-refractivity contribution >= 4 is 5.97 Å². The Hall–Kier alpha value is -0.570. The minimum atomic E-state index is -0.736. The third-order valence-corrected chi connectivity index (χ3v) is 4.13. The van der Waals surface area contributed by atoms with Gasteiger partial charge in [0.05, 0.1) is 0 Å². The van der Waals surface area contributed by atoms with Crippen molar-refractivity contribution in [3.05, 3.63) is 0 Å². The van der Waals surface area contributed by atoms with E-state index >= 15 is 0 Å². The van der Waals surface area contributed by atoms with Crippen molar-refractivity contribution in [1.82, 2.24) is 5.32 Å². The van der Waals surface area contributed by atoms with Gasteiger partial charge in [-0.3, -0.25) is 4.79 Å². The van der Waals surface area contributed by atoms with Gasteiger partial charge >= 0.3 is 5.97 Å². The second-order valence-electron chi connectivity index (χ2n) is 5.39. The monoisotopic (exact) mass is 211 g/mol. The Kier molecular flexibility index (Phi) is 3.01. The lowest BCUT2D eigenvalue weighted by Crippen LogP contribution is -2.53. The molecule has 2 fully saturated rings. The van der Waals surface area contributed by atoms with Gasteiger partial charge in [0, 0.05) is 6.04 Å². The Balaban J connectivity index is 1.75. The highest BCUT2D eigenvalue weighted by atomic mass is 16.4. The van der Waals surface area contributed by atoms with E-state index in [1.165, 1.54) is 44.9 Å². The zero-order valence-electron chi connectivity index (χ0n) is 9.46. The molecule has 0 aromatic heterocycles. The second-order valence-corrected chi connectivity index (χ2v) is 5.39. The molecule has 0 radical (unpaired) electrons. The molecule has 2 aliphatic carbocycles. The molecule has 0 heterocycles. The highest BCUT2D eigenvalue weighted by molar-refractivity contribution is 5.72. The van der Waals surface area contributed by atoms with Crippen LogP contribution < -0.4 is 5.32 Å². The van der Waals surface area contributed by atoms with Crippen LogP contribution in [0.3, 0.4) is 0 Å². The van der Waals surface area contributed by atoms with Crippen molar-refractivity contribution < 1.29 is 9.90 Å². The molecule has 0 aromatic carbocycles. The number of carboxylic acid groups (broad SMARTS) is 1. The van der Waals surface area contributed by atoms with E-state index in [1.807, 2.05) is 0 Å². The molecule has 0 aromatic rings. The quantitative estimate of drug-likeness (QED) is 0.752. The highest BCUT2D eigenvalue weighted by Gasteiger charge is 2.44. The molecule has 0 unspecified atom stereocenters. The number of carboxylic acids is 1. The Bertz CT molecular complexity index is 238. The Morgan fingerprint density at radius 3 is 2.47 bits per heavy atom. The van der Waals surface area contributed by atoms with Crippen LogP contribution in [0, 0.1) is 5.41 Å². The predicted octanol–water partition coefficient (Wildman–Crippen LogP) is 2.16. The first-order chi connectivity index (χ1) is 7.11. The number of hydrogen-bond donors (Lipinski definition) is 2. The first-order valence-corrected chi connectivity index (χ1v) is 6.10. The van der Waals surface area contributed by atoms with E-state index < -0.39 is 12.0 Å². The molecule has 3 heteroatoms. The van der Waals surface area contributed by atoms with Crippen molar-refractivity contribution in [3.63, 3.8) is 0 Å². The zero-order valence-corrected chi connectivity index (χ0v) is 9.46. The Morgan fingerprint density at radius 2 is 1.93 bits per heavy atom. The number of nitrogens with one attached hydrogen (secondary N) is 1. The van der Waals surface area contributed by atoms with Crippen LogP contribution in [0.4, 0.5) is 0 Å². The highest BCUT2D eigenvalue weighted by Crippen LogP contribution is 2.51. The van der Waals surface area contributed by atoms with Gasteiger partial charge in [0.25, 0.3) is 0 Å². The molecule has 1 spiro atoms. The topological polar surface area (TPSA) is 49.3 Å². The van der Waals surface area contributed by atoms with Gasteiger partial charge < -0.3 is 10.4 Å². The lowest BCUT2D eigenvalue weighted by Gasteiger charge is -2.51. The summed E-state index contributed by atoms with van der Waals surface area (Å²) in [6.07, 6.45) is 9.28. The zero-order chi connectivity index (χ0) is 10.9. The van der Waals surface area contributed by atoms with Crippen LogP contribution in [0.2, 0.25) is 0 Å². The van der Waals surface area contributed by atoms with Gasteiger partial charge in [-0.05, 0) is 38.0 Å². The maximum Gasteiger partial charge on any atom is 0.320 e. The van der Waals surface area contributed by atoms with Gasteiger partial charge in [0.1, 0.15) is 6.04 Å². The number of hydrogen-bond acceptors (Lipinski definition) is 2. The smallest absolute Gasteiger partial charge is 0.320 e. The number of aliphatic carboxylic acids is 1. The van der Waals surface area contributed by atoms with Crippen molar-refractivity contribution in [2.45, 2.75) is 64.0 Å². The lowest BCUT2D eigenvalue weighted by molar-refractivity contribution is -0.139. The van der Waals surface area contributed by atoms with Crippen molar-refractivity contribution in [3.8, 4) is 0 Å². The molecule has 2 saturated carbocycles. The lowest BCUT2D eigenvalue weighted by atomic mass is 9.58. The second kappa shape index (κ2) is 4.12. The van der Waals surface area contributed by atoms with Crippen LogP contribution in [0.25, 0.3) is 0 Å². The summed E-state index contributed by atoms with van der Waals surface area (Å²) in [5, 5.41) is 12.0. The summed E-state index contributed by atoms with van der Waals surface area (Å²) in [6, 6.07) is 0.0603. The van der Waals surface area contributed by atoms with Crippen LogP contribution in [0.15, 0.2) is 0 Å². The van der Waals surface area contributed by atoms with E-state index in [2.05, 4.69) is 5.32 Å². The molecule has 2 aliphatic rings. The molecule has 0 bridgehead atoms. The number of rotatable bonds is 3. The molecular formula is C12H21NO2. The SMILES string of the molecule is C[C@H](NC1CC2(CCCCC2)C1)C(=O)O. The Morgan fingerprint density at radius 1 is 1.33 bits per heavy atom. The van der Waals surface area contributed by atoms with Gasteiger partial charge in [-0.25, -0.2) is 0 Å². The molecule has 86 valence electrons. The van der Waals surface area contributed by atoms with Gasteiger partial charge in [0.2, 0.25) is 0 Å². The number of carbonyl (C=O) groups is 1. The summed E-state index contributed by atoms with van der Waals surface area (Å²) in [7, 11) is 0. The van der Waals surface area contributed by atoms with Crippen LogP contribution in [-0.2, 0) is 4.79 Å². The summed E-state index contributed by atoms with van der Waals surface area (Å²) in [4.78, 5) is 10.7. The van der Waals surface area contributed by atoms with Gasteiger partial charge in [-0.15, -0.1) is 0 Å². The first-order valence-electron chi connectivity index (χ1n) is 6.10. The first kappa shape index (κ1) is 10.9. The maximum atomic E-state index is 10.7. The molecule has 0 amide bonds. The van der Waals surface area contributed by atoms with E-state index in [0.29, 0.717) is 11.5 Å². The molecular weight excluding hydrogens is 190 g/mol. The minimum absolute atomic E-state index is 0.393. The van der Waals surface area contributed by atoms with E-state index in [0.717, 1.165) is 0 Å². The van der Waals surface area contributed by atoms with Crippen molar-refractivity contribution in [1.29, 1.82) is 0 Å². The van der Waals surface area contributed by atoms with E-state index in [-0.39, 0.29) is 0 Å². The van der Waals surface area contributed by atoms with Crippen LogP contribution in [0.1, 0.15) is 51.9 Å². The molecule has 0 aliphatic heterocycles. The average Bonchev–Trinajstić information content (AvgIpc) is 2.16. The van der Waals surface area contributed by atoms with Crippen LogP contribution in [0.5, 0.6) is 0 Å². The van der Waals surface area contributed by atoms with Gasteiger partial charge in [-0.1, -0.05) is 19.3 Å². The van der Waals surface area contributed by atoms with Crippen molar-refractivity contribution in [2.24, 2.45) is 5.41 Å². The van der Waals surface area contributed by atoms with Crippen LogP contribution in [-0.4, -0.2) is 23.2 Å². The molecule has 3 nitrogen and oxygen atoms in total. The van der Waals surface area contributed by atoms with E-state index in [9.17, 15) is 4.79 Å². The summed E-state index contributed by atoms with van der Waals surface area (Å²) in [5.74, 6) is -0.736. The molecule has 2 rings (SSSR count). The van der Waals surface area contributed by atoms with Crippen LogP contribution >= 0.6 is 0 Å². The fraction of sp³-hybridized carbons (Fsp3) is 0.917. The summed E-state index contributed by atoms with van der Waals surface area (Å²) < 4.78 is 0. The molecule has 0 saturated heterocycles. The standard InChI is InChI=1S/C12H21NO2/c1-9(11(14)15)13-10-7-12(8-10)5-3-2-4-6-12/h9-10,13H,2-8H2,1H3,(H,14,15)/t9-/m0/s1. The summed E-state index contributed by atoms with van der Waals surface area (Å²) in [6.45, 7) is 1.73. The molecule has 15 heavy (non-hydrogen) atoms. The largest absolute Gasteiger partial charge is 0.480 e. The van der Waals surface area contributed by atoms with Gasteiger partial charge in [0.15, 0.2) is 0 Å². The molecule has 1 atom stereocenters.